The molecule has 6 nitrogen and oxygen atoms in total. The number of aryl methyl sites for hydroxylation is 1. The Bertz CT molecular complexity index is 832. The van der Waals surface area contributed by atoms with Gasteiger partial charge in [0.25, 0.3) is 0 Å². The molecule has 1 aromatic heterocycles. The van der Waals surface area contributed by atoms with Crippen molar-refractivity contribution >= 4 is 23.2 Å². The molecule has 2 aromatic rings. The summed E-state index contributed by atoms with van der Waals surface area (Å²) in [5.41, 5.74) is -0.0340. The van der Waals surface area contributed by atoms with Gasteiger partial charge in [0.15, 0.2) is 0 Å². The minimum atomic E-state index is -4.50. The number of benzene rings is 1. The lowest BCUT2D eigenvalue weighted by Crippen LogP contribution is -2.48. The van der Waals surface area contributed by atoms with Gasteiger partial charge in [-0.3, -0.25) is 14.6 Å². The molecular formula is C18H20ClF3N4O2. The monoisotopic (exact) mass is 416 g/mol. The van der Waals surface area contributed by atoms with E-state index in [2.05, 4.69) is 15.4 Å². The molecule has 0 unspecified atom stereocenters. The maximum absolute atomic E-state index is 12.8. The number of halogens is 4. The molecule has 1 fully saturated rings. The van der Waals surface area contributed by atoms with Gasteiger partial charge in [0.1, 0.15) is 5.76 Å². The first-order chi connectivity index (χ1) is 13.2. The number of hydrogen-bond acceptors (Lipinski definition) is 5. The van der Waals surface area contributed by atoms with Crippen LogP contribution in [0.4, 0.5) is 18.9 Å². The number of carbonyl (C=O) groups excluding carboxylic acids is 1. The van der Waals surface area contributed by atoms with E-state index in [1.54, 1.807) is 0 Å². The second-order valence-corrected chi connectivity index (χ2v) is 7.13. The van der Waals surface area contributed by atoms with Gasteiger partial charge in [0.2, 0.25) is 5.91 Å². The van der Waals surface area contributed by atoms with Gasteiger partial charge in [-0.1, -0.05) is 16.8 Å². The fourth-order valence-electron chi connectivity index (χ4n) is 3.02. The van der Waals surface area contributed by atoms with Gasteiger partial charge in [-0.25, -0.2) is 0 Å². The number of carbonyl (C=O) groups is 1. The number of aromatic nitrogens is 1. The molecule has 0 atom stereocenters. The van der Waals surface area contributed by atoms with Crippen molar-refractivity contribution in [2.75, 3.05) is 38.0 Å². The van der Waals surface area contributed by atoms with E-state index in [1.165, 1.54) is 0 Å². The first kappa shape index (κ1) is 20.6. The topological polar surface area (TPSA) is 61.6 Å². The third-order valence-corrected chi connectivity index (χ3v) is 4.79. The summed E-state index contributed by atoms with van der Waals surface area (Å²) in [6.07, 6.45) is -4.50. The van der Waals surface area contributed by atoms with E-state index in [-0.39, 0.29) is 17.3 Å². The van der Waals surface area contributed by atoms with Gasteiger partial charge in [0, 0.05) is 38.8 Å². The Morgan fingerprint density at radius 1 is 1.21 bits per heavy atom. The van der Waals surface area contributed by atoms with Gasteiger partial charge in [-0.15, -0.1) is 0 Å². The summed E-state index contributed by atoms with van der Waals surface area (Å²) in [4.78, 5) is 16.4. The molecule has 10 heteroatoms. The number of nitrogens with zero attached hydrogens (tertiary/aromatic N) is 3. The number of hydrogen-bond donors (Lipinski definition) is 1. The van der Waals surface area contributed by atoms with Crippen LogP contribution in [0.5, 0.6) is 0 Å². The van der Waals surface area contributed by atoms with Crippen LogP contribution in [0.15, 0.2) is 28.8 Å². The highest BCUT2D eigenvalue weighted by molar-refractivity contribution is 6.33. The molecule has 1 saturated heterocycles. The molecule has 152 valence electrons. The molecule has 1 aromatic carbocycles. The SMILES string of the molecule is Cc1cc(CN2CCN(CC(=O)Nc3cc(C(F)(F)F)ccc3Cl)CC2)no1. The Morgan fingerprint density at radius 3 is 2.50 bits per heavy atom. The summed E-state index contributed by atoms with van der Waals surface area (Å²) in [5, 5.41) is 6.51. The fraction of sp³-hybridized carbons (Fsp3) is 0.444. The zero-order valence-electron chi connectivity index (χ0n) is 15.2. The van der Waals surface area contributed by atoms with E-state index >= 15 is 0 Å². The van der Waals surface area contributed by atoms with Crippen molar-refractivity contribution in [1.29, 1.82) is 0 Å². The number of piperazine rings is 1. The molecule has 0 saturated carbocycles. The van der Waals surface area contributed by atoms with Crippen molar-refractivity contribution in [2.45, 2.75) is 19.6 Å². The lowest BCUT2D eigenvalue weighted by Gasteiger charge is -2.33. The summed E-state index contributed by atoms with van der Waals surface area (Å²) in [6, 6.07) is 4.74. The van der Waals surface area contributed by atoms with Crippen LogP contribution in [0.1, 0.15) is 17.0 Å². The Kier molecular flexibility index (Phi) is 6.26. The van der Waals surface area contributed by atoms with Crippen LogP contribution >= 0.6 is 11.6 Å². The molecule has 1 aliphatic heterocycles. The summed E-state index contributed by atoms with van der Waals surface area (Å²) < 4.78 is 43.5. The summed E-state index contributed by atoms with van der Waals surface area (Å²) in [5.74, 6) is 0.361. The summed E-state index contributed by atoms with van der Waals surface area (Å²) in [6.45, 7) is 5.44. The maximum atomic E-state index is 12.8. The predicted molar refractivity (Wildman–Crippen MR) is 98.0 cm³/mol. The Hall–Kier alpha value is -2.10. The van der Waals surface area contributed by atoms with Crippen molar-refractivity contribution in [3.05, 3.63) is 46.3 Å². The molecular weight excluding hydrogens is 397 g/mol. The normalized spacial score (nSPS) is 16.3. The quantitative estimate of drug-likeness (QED) is 0.809. The van der Waals surface area contributed by atoms with Gasteiger partial charge in [0.05, 0.1) is 28.5 Å². The molecule has 0 spiro atoms. The average molecular weight is 417 g/mol. The molecule has 3 rings (SSSR count). The van der Waals surface area contributed by atoms with Crippen LogP contribution in [0.3, 0.4) is 0 Å². The van der Waals surface area contributed by atoms with Crippen LogP contribution in [0.25, 0.3) is 0 Å². The van der Waals surface area contributed by atoms with E-state index in [1.807, 2.05) is 17.9 Å². The zero-order chi connectivity index (χ0) is 20.3. The molecule has 28 heavy (non-hydrogen) atoms. The van der Waals surface area contributed by atoms with Gasteiger partial charge < -0.3 is 9.84 Å². The number of amides is 1. The van der Waals surface area contributed by atoms with Crippen molar-refractivity contribution in [3.63, 3.8) is 0 Å². The minimum Gasteiger partial charge on any atom is -0.361 e. The summed E-state index contributed by atoms with van der Waals surface area (Å²) >= 11 is 5.92. The highest BCUT2D eigenvalue weighted by Gasteiger charge is 2.31. The third kappa shape index (κ3) is 5.46. The van der Waals surface area contributed by atoms with Crippen LogP contribution < -0.4 is 5.32 Å². The van der Waals surface area contributed by atoms with E-state index < -0.39 is 17.6 Å². The fourth-order valence-corrected chi connectivity index (χ4v) is 3.18. The van der Waals surface area contributed by atoms with E-state index in [9.17, 15) is 18.0 Å². The first-order valence-corrected chi connectivity index (χ1v) is 9.12. The first-order valence-electron chi connectivity index (χ1n) is 8.74. The highest BCUT2D eigenvalue weighted by Crippen LogP contribution is 2.33. The van der Waals surface area contributed by atoms with Crippen LogP contribution in [0.2, 0.25) is 5.02 Å². The Labute approximate surface area is 165 Å². The standard InChI is InChI=1S/C18H20ClF3N4O2/c1-12-8-14(24-28-12)10-25-4-6-26(7-5-25)11-17(27)23-16-9-13(18(20,21)22)2-3-15(16)19/h2-3,8-9H,4-7,10-11H2,1H3,(H,23,27). The molecule has 1 aliphatic rings. The number of anilines is 1. The zero-order valence-corrected chi connectivity index (χ0v) is 16.0. The van der Waals surface area contributed by atoms with Gasteiger partial charge in [-0.05, 0) is 25.1 Å². The second kappa shape index (κ2) is 8.50. The van der Waals surface area contributed by atoms with E-state index in [0.29, 0.717) is 19.6 Å². The molecule has 1 amide bonds. The summed E-state index contributed by atoms with van der Waals surface area (Å²) in [7, 11) is 0. The number of nitrogens with one attached hydrogen (secondary N) is 1. The second-order valence-electron chi connectivity index (χ2n) is 6.72. The predicted octanol–water partition coefficient (Wildman–Crippen LogP) is 3.41. The molecule has 0 radical (unpaired) electrons. The van der Waals surface area contributed by atoms with Crippen LogP contribution in [0, 0.1) is 6.92 Å². The van der Waals surface area contributed by atoms with Crippen LogP contribution in [-0.2, 0) is 17.5 Å². The van der Waals surface area contributed by atoms with E-state index in [4.69, 9.17) is 16.1 Å². The maximum Gasteiger partial charge on any atom is 0.416 e. The van der Waals surface area contributed by atoms with E-state index in [0.717, 1.165) is 42.7 Å². The average Bonchev–Trinajstić information content (AvgIpc) is 3.02. The van der Waals surface area contributed by atoms with Gasteiger partial charge >= 0.3 is 6.18 Å². The Balaban J connectivity index is 1.50. The molecule has 1 N–H and O–H groups in total. The molecule has 2 heterocycles. The van der Waals surface area contributed by atoms with Crippen molar-refractivity contribution < 1.29 is 22.5 Å². The lowest BCUT2D eigenvalue weighted by molar-refractivity contribution is -0.137. The third-order valence-electron chi connectivity index (χ3n) is 4.46. The smallest absolute Gasteiger partial charge is 0.361 e. The largest absolute Gasteiger partial charge is 0.416 e. The number of alkyl halides is 3. The highest BCUT2D eigenvalue weighted by atomic mass is 35.5. The van der Waals surface area contributed by atoms with Crippen molar-refractivity contribution in [3.8, 4) is 0 Å². The molecule has 0 bridgehead atoms. The van der Waals surface area contributed by atoms with Gasteiger partial charge in [-0.2, -0.15) is 13.2 Å². The molecule has 0 aliphatic carbocycles. The Morgan fingerprint density at radius 2 is 1.89 bits per heavy atom. The van der Waals surface area contributed by atoms with Crippen molar-refractivity contribution in [2.24, 2.45) is 0 Å². The minimum absolute atomic E-state index is 0.0403. The van der Waals surface area contributed by atoms with Crippen molar-refractivity contribution in [1.82, 2.24) is 15.0 Å². The van der Waals surface area contributed by atoms with Crippen LogP contribution in [-0.4, -0.2) is 53.6 Å². The lowest BCUT2D eigenvalue weighted by atomic mass is 10.2. The number of rotatable bonds is 5.